The molecule has 1 aromatic carbocycles. The van der Waals surface area contributed by atoms with Crippen LogP contribution in [-0.2, 0) is 10.0 Å². The van der Waals surface area contributed by atoms with Gasteiger partial charge in [0, 0.05) is 7.05 Å². The summed E-state index contributed by atoms with van der Waals surface area (Å²) < 4.78 is 29.9. The van der Waals surface area contributed by atoms with Gasteiger partial charge >= 0.3 is 6.09 Å². The largest absolute Gasteiger partial charge is 0.418 e. The lowest BCUT2D eigenvalue weighted by molar-refractivity contribution is 0.215. The van der Waals surface area contributed by atoms with E-state index >= 15 is 0 Å². The minimum atomic E-state index is -3.83. The molecule has 0 radical (unpaired) electrons. The molecule has 1 N–H and O–H groups in total. The van der Waals surface area contributed by atoms with Gasteiger partial charge in [0.1, 0.15) is 5.75 Å². The van der Waals surface area contributed by atoms with Crippen LogP contribution in [0, 0.1) is 12.3 Å². The molecule has 1 aromatic heterocycles. The van der Waals surface area contributed by atoms with E-state index in [1.165, 1.54) is 7.05 Å². The van der Waals surface area contributed by atoms with Crippen molar-refractivity contribution >= 4 is 32.6 Å². The van der Waals surface area contributed by atoms with Gasteiger partial charge in [-0.05, 0) is 12.1 Å². The Morgan fingerprint density at radius 2 is 2.09 bits per heavy atom. The van der Waals surface area contributed by atoms with Crippen LogP contribution >= 0.6 is 11.3 Å². The third-order valence-corrected chi connectivity index (χ3v) is 5.50. The molecule has 0 spiro atoms. The Labute approximate surface area is 137 Å². The Kier molecular flexibility index (Phi) is 5.28. The molecule has 2 rings (SSSR count). The molecule has 0 fully saturated rings. The van der Waals surface area contributed by atoms with Crippen LogP contribution < -0.4 is 10.1 Å². The van der Waals surface area contributed by atoms with E-state index in [0.29, 0.717) is 17.1 Å². The van der Waals surface area contributed by atoms with Gasteiger partial charge in [-0.3, -0.25) is 5.32 Å². The summed E-state index contributed by atoms with van der Waals surface area (Å²) in [6.45, 7) is -0.0965. The van der Waals surface area contributed by atoms with E-state index < -0.39 is 16.1 Å². The molecule has 10 heteroatoms. The van der Waals surface area contributed by atoms with Crippen LogP contribution in [0.1, 0.15) is 0 Å². The number of benzene rings is 1. The maximum absolute atomic E-state index is 12.1. The van der Waals surface area contributed by atoms with Crippen LogP contribution in [-0.4, -0.2) is 42.6 Å². The smallest absolute Gasteiger partial charge is 0.410 e. The number of aromatic nitrogens is 2. The molecular formula is C13H12N4O4S2. The second-order valence-electron chi connectivity index (χ2n) is 4.17. The van der Waals surface area contributed by atoms with Gasteiger partial charge in [0.05, 0.1) is 6.54 Å². The van der Waals surface area contributed by atoms with Crippen LogP contribution in [0.2, 0.25) is 0 Å². The molecule has 1 amide bonds. The molecule has 2 aromatic rings. The predicted molar refractivity (Wildman–Crippen MR) is 84.6 cm³/mol. The third-order valence-electron chi connectivity index (χ3n) is 2.51. The van der Waals surface area contributed by atoms with Crippen molar-refractivity contribution in [3.05, 3.63) is 30.3 Å². The van der Waals surface area contributed by atoms with Gasteiger partial charge in [0.25, 0.3) is 10.0 Å². The van der Waals surface area contributed by atoms with Crippen molar-refractivity contribution in [1.82, 2.24) is 14.5 Å². The SMILES string of the molecule is C#CCN(C)S(=O)(=O)c1nnc(NC(=O)Oc2ccccc2)s1. The molecule has 0 atom stereocenters. The number of nitrogens with one attached hydrogen (secondary N) is 1. The van der Waals surface area contributed by atoms with Crippen molar-refractivity contribution in [2.75, 3.05) is 18.9 Å². The number of hydrogen-bond donors (Lipinski definition) is 1. The molecule has 0 saturated heterocycles. The minimum Gasteiger partial charge on any atom is -0.410 e. The second kappa shape index (κ2) is 7.19. The fraction of sp³-hybridized carbons (Fsp3) is 0.154. The normalized spacial score (nSPS) is 11.0. The standard InChI is InChI=1S/C13H12N4O4S2/c1-3-9-17(2)23(19,20)13-16-15-11(22-13)14-12(18)21-10-7-5-4-6-8-10/h1,4-8H,9H2,2H3,(H,14,15,18). The zero-order valence-electron chi connectivity index (χ0n) is 12.0. The fourth-order valence-corrected chi connectivity index (χ4v) is 3.58. The highest BCUT2D eigenvalue weighted by atomic mass is 32.2. The minimum absolute atomic E-state index is 0.00128. The predicted octanol–water partition coefficient (Wildman–Crippen LogP) is 1.40. The van der Waals surface area contributed by atoms with Gasteiger partial charge in [-0.25, -0.2) is 13.2 Å². The summed E-state index contributed by atoms with van der Waals surface area (Å²) in [6.07, 6.45) is 4.29. The number of carbonyl (C=O) groups excluding carboxylic acids is 1. The van der Waals surface area contributed by atoms with Gasteiger partial charge in [0.15, 0.2) is 0 Å². The zero-order valence-corrected chi connectivity index (χ0v) is 13.6. The molecule has 0 bridgehead atoms. The Morgan fingerprint density at radius 3 is 2.74 bits per heavy atom. The molecule has 0 aliphatic rings. The number of ether oxygens (including phenoxy) is 1. The molecule has 0 saturated carbocycles. The van der Waals surface area contributed by atoms with Crippen molar-refractivity contribution < 1.29 is 17.9 Å². The van der Waals surface area contributed by atoms with E-state index in [4.69, 9.17) is 11.2 Å². The first-order valence-electron chi connectivity index (χ1n) is 6.20. The van der Waals surface area contributed by atoms with E-state index in [2.05, 4.69) is 21.4 Å². The molecule has 0 aliphatic heterocycles. The summed E-state index contributed by atoms with van der Waals surface area (Å²) in [4.78, 5) is 11.7. The summed E-state index contributed by atoms with van der Waals surface area (Å²) in [6, 6.07) is 8.40. The molecule has 1 heterocycles. The lowest BCUT2D eigenvalue weighted by Crippen LogP contribution is -2.27. The Balaban J connectivity index is 2.05. The quantitative estimate of drug-likeness (QED) is 0.645. The summed E-state index contributed by atoms with van der Waals surface area (Å²) >= 11 is 0.701. The zero-order chi connectivity index (χ0) is 16.9. The lowest BCUT2D eigenvalue weighted by Gasteiger charge is -2.10. The van der Waals surface area contributed by atoms with Crippen molar-refractivity contribution in [2.45, 2.75) is 4.34 Å². The van der Waals surface area contributed by atoms with Gasteiger partial charge < -0.3 is 4.74 Å². The number of anilines is 1. The van der Waals surface area contributed by atoms with Crippen LogP contribution in [0.15, 0.2) is 34.7 Å². The highest BCUT2D eigenvalue weighted by Crippen LogP contribution is 2.22. The number of carbonyl (C=O) groups is 1. The average Bonchev–Trinajstić information content (AvgIpc) is 2.97. The average molecular weight is 352 g/mol. The third kappa shape index (κ3) is 4.26. The van der Waals surface area contributed by atoms with E-state index in [9.17, 15) is 13.2 Å². The molecule has 0 aliphatic carbocycles. The fourth-order valence-electron chi connectivity index (χ4n) is 1.42. The molecule has 8 nitrogen and oxygen atoms in total. The van der Waals surface area contributed by atoms with Crippen LogP contribution in [0.25, 0.3) is 0 Å². The number of hydrogen-bond acceptors (Lipinski definition) is 7. The van der Waals surface area contributed by atoms with E-state index in [1.807, 2.05) is 0 Å². The maximum atomic E-state index is 12.1. The number of sulfonamides is 1. The van der Waals surface area contributed by atoms with Crippen molar-refractivity contribution in [3.63, 3.8) is 0 Å². The van der Waals surface area contributed by atoms with Crippen LogP contribution in [0.3, 0.4) is 0 Å². The Bertz CT molecular complexity index is 827. The van der Waals surface area contributed by atoms with E-state index in [1.54, 1.807) is 30.3 Å². The van der Waals surface area contributed by atoms with Gasteiger partial charge in [-0.1, -0.05) is 35.5 Å². The van der Waals surface area contributed by atoms with Crippen molar-refractivity contribution in [3.8, 4) is 18.1 Å². The first kappa shape index (κ1) is 16.9. The van der Waals surface area contributed by atoms with Gasteiger partial charge in [0.2, 0.25) is 9.47 Å². The molecule has 0 unspecified atom stereocenters. The first-order valence-corrected chi connectivity index (χ1v) is 8.46. The van der Waals surface area contributed by atoms with Crippen molar-refractivity contribution in [2.24, 2.45) is 0 Å². The van der Waals surface area contributed by atoms with E-state index in [-0.39, 0.29) is 16.0 Å². The topological polar surface area (TPSA) is 101 Å². The molecular weight excluding hydrogens is 340 g/mol. The Morgan fingerprint density at radius 1 is 1.39 bits per heavy atom. The number of terminal acetylenes is 1. The summed E-state index contributed by atoms with van der Waals surface area (Å²) in [5.74, 6) is 2.57. The Hall–Kier alpha value is -2.48. The number of nitrogens with zero attached hydrogens (tertiary/aromatic N) is 3. The van der Waals surface area contributed by atoms with Crippen molar-refractivity contribution in [1.29, 1.82) is 0 Å². The second-order valence-corrected chi connectivity index (χ2v) is 7.36. The molecule has 120 valence electrons. The summed E-state index contributed by atoms with van der Waals surface area (Å²) in [7, 11) is -2.50. The monoisotopic (exact) mass is 352 g/mol. The highest BCUT2D eigenvalue weighted by molar-refractivity contribution is 7.91. The van der Waals surface area contributed by atoms with E-state index in [0.717, 1.165) is 4.31 Å². The number of rotatable bonds is 5. The summed E-state index contributed by atoms with van der Waals surface area (Å²) in [5.41, 5.74) is 0. The number of para-hydroxylation sites is 1. The van der Waals surface area contributed by atoms with Crippen LogP contribution in [0.5, 0.6) is 5.75 Å². The first-order chi connectivity index (χ1) is 10.9. The highest BCUT2D eigenvalue weighted by Gasteiger charge is 2.25. The van der Waals surface area contributed by atoms with Gasteiger partial charge in [-0.2, -0.15) is 4.31 Å². The van der Waals surface area contributed by atoms with Crippen LogP contribution in [0.4, 0.5) is 9.93 Å². The summed E-state index contributed by atoms with van der Waals surface area (Å²) in [5, 5.41) is 9.47. The maximum Gasteiger partial charge on any atom is 0.418 e. The number of amides is 1. The molecule has 23 heavy (non-hydrogen) atoms. The van der Waals surface area contributed by atoms with Gasteiger partial charge in [-0.15, -0.1) is 16.6 Å². The lowest BCUT2D eigenvalue weighted by atomic mass is 10.3.